The van der Waals surface area contributed by atoms with Crippen LogP contribution < -0.4 is 4.74 Å². The Hall–Kier alpha value is -2.29. The summed E-state index contributed by atoms with van der Waals surface area (Å²) in [5, 5.41) is 1.24. The SMILES string of the molecule is CCc1ccc(N=Cc2ccc(OCc3cccc(Cl)c3)c(Cl)c2)cc1. The minimum atomic E-state index is 0.414. The van der Waals surface area contributed by atoms with E-state index in [9.17, 15) is 0 Å². The van der Waals surface area contributed by atoms with Crippen LogP contribution in [0.15, 0.2) is 71.7 Å². The van der Waals surface area contributed by atoms with Gasteiger partial charge in [0.15, 0.2) is 0 Å². The zero-order chi connectivity index (χ0) is 18.4. The Bertz CT molecular complexity index is 904. The van der Waals surface area contributed by atoms with Crippen molar-refractivity contribution in [2.75, 3.05) is 0 Å². The molecule has 0 aliphatic carbocycles. The quantitative estimate of drug-likeness (QED) is 0.424. The third-order valence-corrected chi connectivity index (χ3v) is 4.48. The third kappa shape index (κ3) is 5.10. The van der Waals surface area contributed by atoms with E-state index in [2.05, 4.69) is 24.0 Å². The molecule has 0 fully saturated rings. The maximum absolute atomic E-state index is 6.34. The molecule has 0 atom stereocenters. The highest BCUT2D eigenvalue weighted by molar-refractivity contribution is 6.32. The second-order valence-electron chi connectivity index (χ2n) is 5.89. The minimum absolute atomic E-state index is 0.414. The van der Waals surface area contributed by atoms with Gasteiger partial charge in [0.05, 0.1) is 10.7 Å². The van der Waals surface area contributed by atoms with E-state index in [1.807, 2.05) is 54.6 Å². The van der Waals surface area contributed by atoms with E-state index < -0.39 is 0 Å². The molecular formula is C22H19Cl2NO. The second kappa shape index (κ2) is 8.88. The fourth-order valence-corrected chi connectivity index (χ4v) is 2.93. The van der Waals surface area contributed by atoms with E-state index in [0.29, 0.717) is 22.4 Å². The lowest BCUT2D eigenvalue weighted by Crippen LogP contribution is -1.96. The largest absolute Gasteiger partial charge is 0.487 e. The van der Waals surface area contributed by atoms with Crippen molar-refractivity contribution >= 4 is 35.1 Å². The van der Waals surface area contributed by atoms with Crippen LogP contribution in [0.5, 0.6) is 5.75 Å². The van der Waals surface area contributed by atoms with E-state index in [1.165, 1.54) is 5.56 Å². The zero-order valence-electron chi connectivity index (χ0n) is 14.5. The summed E-state index contributed by atoms with van der Waals surface area (Å²) >= 11 is 12.3. The van der Waals surface area contributed by atoms with Crippen molar-refractivity contribution in [3.8, 4) is 5.75 Å². The number of aliphatic imine (C=N–C) groups is 1. The monoisotopic (exact) mass is 383 g/mol. The van der Waals surface area contributed by atoms with Crippen molar-refractivity contribution in [1.29, 1.82) is 0 Å². The molecule has 2 nitrogen and oxygen atoms in total. The summed E-state index contributed by atoms with van der Waals surface area (Å²) in [5.74, 6) is 0.635. The summed E-state index contributed by atoms with van der Waals surface area (Å²) in [4.78, 5) is 4.49. The van der Waals surface area contributed by atoms with Crippen molar-refractivity contribution in [3.63, 3.8) is 0 Å². The first-order chi connectivity index (χ1) is 12.6. The molecule has 3 aromatic rings. The first-order valence-corrected chi connectivity index (χ1v) is 9.19. The molecule has 3 aromatic carbocycles. The zero-order valence-corrected chi connectivity index (χ0v) is 16.0. The summed E-state index contributed by atoms with van der Waals surface area (Å²) in [5.41, 5.74) is 4.13. The number of hydrogen-bond donors (Lipinski definition) is 0. The van der Waals surface area contributed by atoms with E-state index in [4.69, 9.17) is 27.9 Å². The Labute approximate surface area is 164 Å². The number of aryl methyl sites for hydroxylation is 1. The summed E-state index contributed by atoms with van der Waals surface area (Å²) in [6.07, 6.45) is 2.82. The van der Waals surface area contributed by atoms with Crippen molar-refractivity contribution in [1.82, 2.24) is 0 Å². The summed E-state index contributed by atoms with van der Waals surface area (Å²) in [6.45, 7) is 2.55. The molecule has 0 aliphatic rings. The Morgan fingerprint density at radius 1 is 0.923 bits per heavy atom. The number of halogens is 2. The van der Waals surface area contributed by atoms with Gasteiger partial charge in [-0.1, -0.05) is 54.4 Å². The van der Waals surface area contributed by atoms with Gasteiger partial charge in [-0.15, -0.1) is 0 Å². The highest BCUT2D eigenvalue weighted by Gasteiger charge is 2.03. The van der Waals surface area contributed by atoms with E-state index in [-0.39, 0.29) is 0 Å². The van der Waals surface area contributed by atoms with Crippen molar-refractivity contribution in [3.05, 3.63) is 93.5 Å². The molecule has 0 amide bonds. The molecule has 0 unspecified atom stereocenters. The van der Waals surface area contributed by atoms with Gasteiger partial charge >= 0.3 is 0 Å². The standard InChI is InChI=1S/C22H19Cl2NO/c1-2-16-6-9-20(10-7-16)25-14-17-8-11-22(21(24)13-17)26-15-18-4-3-5-19(23)12-18/h3-14H,2,15H2,1H3. The van der Waals surface area contributed by atoms with Crippen LogP contribution in [-0.4, -0.2) is 6.21 Å². The van der Waals surface area contributed by atoms with Gasteiger partial charge in [-0.05, 0) is 65.6 Å². The lowest BCUT2D eigenvalue weighted by molar-refractivity contribution is 0.306. The molecule has 132 valence electrons. The van der Waals surface area contributed by atoms with Crippen LogP contribution in [0, 0.1) is 0 Å². The predicted octanol–water partition coefficient (Wildman–Crippen LogP) is 6.89. The van der Waals surface area contributed by atoms with Gasteiger partial charge in [0.1, 0.15) is 12.4 Å². The molecule has 0 bridgehead atoms. The predicted molar refractivity (Wildman–Crippen MR) is 110 cm³/mol. The van der Waals surface area contributed by atoms with Crippen LogP contribution in [0.4, 0.5) is 5.69 Å². The number of ether oxygens (including phenoxy) is 1. The molecule has 4 heteroatoms. The van der Waals surface area contributed by atoms with E-state index >= 15 is 0 Å². The molecule has 3 rings (SSSR count). The highest BCUT2D eigenvalue weighted by Crippen LogP contribution is 2.26. The third-order valence-electron chi connectivity index (χ3n) is 3.95. The highest BCUT2D eigenvalue weighted by atomic mass is 35.5. The fraction of sp³-hybridized carbons (Fsp3) is 0.136. The minimum Gasteiger partial charge on any atom is -0.487 e. The van der Waals surface area contributed by atoms with Crippen LogP contribution in [0.2, 0.25) is 10.0 Å². The molecule has 0 aromatic heterocycles. The summed E-state index contributed by atoms with van der Waals surface area (Å²) in [7, 11) is 0. The van der Waals surface area contributed by atoms with Gasteiger partial charge in [-0.25, -0.2) is 0 Å². The number of nitrogens with zero attached hydrogens (tertiary/aromatic N) is 1. The van der Waals surface area contributed by atoms with E-state index in [0.717, 1.165) is 23.2 Å². The van der Waals surface area contributed by atoms with Crippen LogP contribution in [0.1, 0.15) is 23.6 Å². The van der Waals surface area contributed by atoms with Crippen molar-refractivity contribution in [2.24, 2.45) is 4.99 Å². The van der Waals surface area contributed by atoms with Gasteiger partial charge in [-0.3, -0.25) is 4.99 Å². The number of rotatable bonds is 6. The molecule has 0 radical (unpaired) electrons. The molecule has 0 saturated heterocycles. The summed E-state index contributed by atoms with van der Waals surface area (Å²) < 4.78 is 5.79. The second-order valence-corrected chi connectivity index (χ2v) is 6.73. The molecule has 0 N–H and O–H groups in total. The Kier molecular flexibility index (Phi) is 6.32. The normalized spacial score (nSPS) is 11.0. The van der Waals surface area contributed by atoms with Gasteiger partial charge in [-0.2, -0.15) is 0 Å². The maximum Gasteiger partial charge on any atom is 0.138 e. The van der Waals surface area contributed by atoms with Crippen LogP contribution >= 0.6 is 23.2 Å². The Morgan fingerprint density at radius 3 is 2.42 bits per heavy atom. The number of benzene rings is 3. The molecular weight excluding hydrogens is 365 g/mol. The van der Waals surface area contributed by atoms with Crippen molar-refractivity contribution in [2.45, 2.75) is 20.0 Å². The average molecular weight is 384 g/mol. The van der Waals surface area contributed by atoms with Gasteiger partial charge in [0, 0.05) is 11.2 Å². The average Bonchev–Trinajstić information content (AvgIpc) is 2.66. The number of hydrogen-bond acceptors (Lipinski definition) is 2. The van der Waals surface area contributed by atoms with Gasteiger partial charge in [0.2, 0.25) is 0 Å². The molecule has 0 heterocycles. The Balaban J connectivity index is 1.65. The lowest BCUT2D eigenvalue weighted by atomic mass is 10.1. The molecule has 0 aliphatic heterocycles. The molecule has 0 saturated carbocycles. The lowest BCUT2D eigenvalue weighted by Gasteiger charge is -2.09. The molecule has 0 spiro atoms. The maximum atomic E-state index is 6.34. The van der Waals surface area contributed by atoms with Gasteiger partial charge in [0.25, 0.3) is 0 Å². The van der Waals surface area contributed by atoms with Crippen LogP contribution in [-0.2, 0) is 13.0 Å². The first-order valence-electron chi connectivity index (χ1n) is 8.44. The van der Waals surface area contributed by atoms with Crippen LogP contribution in [0.3, 0.4) is 0 Å². The smallest absolute Gasteiger partial charge is 0.138 e. The van der Waals surface area contributed by atoms with E-state index in [1.54, 1.807) is 6.21 Å². The van der Waals surface area contributed by atoms with Crippen LogP contribution in [0.25, 0.3) is 0 Å². The first kappa shape index (κ1) is 18.5. The fourth-order valence-electron chi connectivity index (χ4n) is 2.47. The summed E-state index contributed by atoms with van der Waals surface area (Å²) in [6, 6.07) is 21.4. The Morgan fingerprint density at radius 2 is 1.73 bits per heavy atom. The van der Waals surface area contributed by atoms with Crippen molar-refractivity contribution < 1.29 is 4.74 Å². The topological polar surface area (TPSA) is 21.6 Å². The van der Waals surface area contributed by atoms with Gasteiger partial charge < -0.3 is 4.74 Å². The molecule has 26 heavy (non-hydrogen) atoms.